The summed E-state index contributed by atoms with van der Waals surface area (Å²) in [5.41, 5.74) is 1.58. The Labute approximate surface area is 206 Å². The third-order valence-corrected chi connectivity index (χ3v) is 6.47. The summed E-state index contributed by atoms with van der Waals surface area (Å²) in [7, 11) is 0. The Morgan fingerprint density at radius 2 is 1.89 bits per heavy atom. The fourth-order valence-corrected chi connectivity index (χ4v) is 4.55. The van der Waals surface area contributed by atoms with Gasteiger partial charge in [0.1, 0.15) is 11.4 Å². The van der Waals surface area contributed by atoms with E-state index in [1.165, 1.54) is 18.2 Å². The number of aromatic nitrogens is 2. The van der Waals surface area contributed by atoms with Crippen LogP contribution < -0.4 is 10.2 Å². The molecule has 1 aliphatic rings. The minimum absolute atomic E-state index is 0.00737. The minimum atomic E-state index is -4.44. The highest BCUT2D eigenvalue weighted by Gasteiger charge is 2.36. The second kappa shape index (κ2) is 9.67. The lowest BCUT2D eigenvalue weighted by Gasteiger charge is -2.21. The molecule has 0 unspecified atom stereocenters. The molecule has 0 bridgehead atoms. The molecule has 0 radical (unpaired) electrons. The lowest BCUT2D eigenvalue weighted by atomic mass is 10.1. The maximum atomic E-state index is 13.4. The maximum Gasteiger partial charge on any atom is 0.416 e. The van der Waals surface area contributed by atoms with Crippen LogP contribution in [0.5, 0.6) is 0 Å². The zero-order valence-electron chi connectivity index (χ0n) is 20.1. The van der Waals surface area contributed by atoms with Crippen molar-refractivity contribution in [3.63, 3.8) is 0 Å². The van der Waals surface area contributed by atoms with Crippen LogP contribution in [-0.4, -0.2) is 33.3 Å². The van der Waals surface area contributed by atoms with Crippen LogP contribution in [0.2, 0.25) is 0 Å². The molecule has 0 fully saturated rings. The molecule has 2 atom stereocenters. The van der Waals surface area contributed by atoms with Crippen molar-refractivity contribution >= 4 is 17.7 Å². The monoisotopic (exact) mass is 500 g/mol. The van der Waals surface area contributed by atoms with Crippen molar-refractivity contribution in [3.05, 3.63) is 82.0 Å². The number of halogens is 3. The quantitative estimate of drug-likeness (QED) is 0.455. The molecule has 0 saturated carbocycles. The van der Waals surface area contributed by atoms with E-state index in [1.54, 1.807) is 36.7 Å². The number of nitrogens with one attached hydrogen (secondary N) is 1. The van der Waals surface area contributed by atoms with Gasteiger partial charge < -0.3 is 15.3 Å². The largest absolute Gasteiger partial charge is 0.478 e. The summed E-state index contributed by atoms with van der Waals surface area (Å²) in [5.74, 6) is -0.798. The van der Waals surface area contributed by atoms with Crippen LogP contribution >= 0.6 is 0 Å². The van der Waals surface area contributed by atoms with E-state index in [2.05, 4.69) is 10.4 Å². The SMILES string of the molecule is CC[C@@H]1CN(Cc2cccc(C(F)(F)F)c2)c2c(C(=O)N[C@@H](C)c3ccc(C(=O)O)cc3)c(C)nn21. The zero-order valence-corrected chi connectivity index (χ0v) is 20.1. The molecule has 0 saturated heterocycles. The van der Waals surface area contributed by atoms with Gasteiger partial charge in [-0.2, -0.15) is 18.3 Å². The number of carboxylic acids is 1. The van der Waals surface area contributed by atoms with Crippen LogP contribution in [0.25, 0.3) is 0 Å². The summed E-state index contributed by atoms with van der Waals surface area (Å²) in [6.45, 7) is 6.27. The predicted molar refractivity (Wildman–Crippen MR) is 128 cm³/mol. The molecule has 4 rings (SSSR count). The van der Waals surface area contributed by atoms with Crippen molar-refractivity contribution in [2.24, 2.45) is 0 Å². The number of fused-ring (bicyclic) bond motifs is 1. The first-order chi connectivity index (χ1) is 17.0. The summed E-state index contributed by atoms with van der Waals surface area (Å²) in [4.78, 5) is 26.4. The van der Waals surface area contributed by atoms with E-state index in [-0.39, 0.29) is 24.1 Å². The maximum absolute atomic E-state index is 13.4. The Kier molecular flexibility index (Phi) is 6.79. The molecule has 2 aromatic carbocycles. The molecular weight excluding hydrogens is 473 g/mol. The molecule has 0 aliphatic carbocycles. The number of carboxylic acid groups (broad SMARTS) is 1. The number of benzene rings is 2. The molecule has 0 spiro atoms. The van der Waals surface area contributed by atoms with Gasteiger partial charge in [0.2, 0.25) is 0 Å². The number of amides is 1. The fourth-order valence-electron chi connectivity index (χ4n) is 4.55. The smallest absolute Gasteiger partial charge is 0.416 e. The van der Waals surface area contributed by atoms with Crippen LogP contribution in [0.4, 0.5) is 19.0 Å². The molecule has 7 nitrogen and oxygen atoms in total. The van der Waals surface area contributed by atoms with Crippen molar-refractivity contribution in [3.8, 4) is 0 Å². The lowest BCUT2D eigenvalue weighted by Crippen LogP contribution is -2.29. The number of nitrogens with zero attached hydrogens (tertiary/aromatic N) is 3. The van der Waals surface area contributed by atoms with E-state index in [9.17, 15) is 22.8 Å². The number of anilines is 1. The first-order valence-corrected chi connectivity index (χ1v) is 11.6. The van der Waals surface area contributed by atoms with Gasteiger partial charge in [-0.25, -0.2) is 9.48 Å². The van der Waals surface area contributed by atoms with Crippen molar-refractivity contribution < 1.29 is 27.9 Å². The topological polar surface area (TPSA) is 87.5 Å². The Morgan fingerprint density at radius 1 is 1.19 bits per heavy atom. The average Bonchev–Trinajstić information content (AvgIpc) is 3.34. The van der Waals surface area contributed by atoms with Crippen molar-refractivity contribution in [1.82, 2.24) is 15.1 Å². The molecule has 2 N–H and O–H groups in total. The number of carbonyl (C=O) groups excluding carboxylic acids is 1. The van der Waals surface area contributed by atoms with Gasteiger partial charge in [-0.15, -0.1) is 0 Å². The van der Waals surface area contributed by atoms with Crippen LogP contribution in [0.15, 0.2) is 48.5 Å². The van der Waals surface area contributed by atoms with Gasteiger partial charge in [-0.3, -0.25) is 4.79 Å². The number of aromatic carboxylic acids is 1. The standard InChI is InChI=1S/C26H27F3N4O3/c1-4-21-14-32(13-17-6-5-7-20(12-17)26(27,28)29)24-22(16(3)31-33(21)24)23(34)30-15(2)18-8-10-19(11-9-18)25(35)36/h5-12,15,21H,4,13-14H2,1-3H3,(H,30,34)(H,35,36)/t15-,21+/m0/s1. The van der Waals surface area contributed by atoms with Gasteiger partial charge in [0.25, 0.3) is 5.91 Å². The number of aryl methyl sites for hydroxylation is 1. The Balaban J connectivity index is 1.61. The molecule has 1 amide bonds. The molecule has 3 aromatic rings. The van der Waals surface area contributed by atoms with Gasteiger partial charge in [0, 0.05) is 13.1 Å². The van der Waals surface area contributed by atoms with Crippen molar-refractivity contribution in [2.45, 2.75) is 52.0 Å². The van der Waals surface area contributed by atoms with E-state index in [4.69, 9.17) is 5.11 Å². The first-order valence-electron chi connectivity index (χ1n) is 11.6. The Bertz CT molecular complexity index is 1280. The van der Waals surface area contributed by atoms with E-state index >= 15 is 0 Å². The molecular formula is C26H27F3N4O3. The van der Waals surface area contributed by atoms with E-state index < -0.39 is 23.8 Å². The van der Waals surface area contributed by atoms with Gasteiger partial charge in [0.15, 0.2) is 0 Å². The second-order valence-corrected chi connectivity index (χ2v) is 8.99. The molecule has 36 heavy (non-hydrogen) atoms. The van der Waals surface area contributed by atoms with Crippen LogP contribution in [-0.2, 0) is 12.7 Å². The summed E-state index contributed by atoms with van der Waals surface area (Å²) in [5, 5.41) is 16.6. The Morgan fingerprint density at radius 3 is 2.50 bits per heavy atom. The van der Waals surface area contributed by atoms with E-state index in [0.29, 0.717) is 29.2 Å². The predicted octanol–water partition coefficient (Wildman–Crippen LogP) is 5.37. The number of rotatable bonds is 7. The van der Waals surface area contributed by atoms with Gasteiger partial charge in [0.05, 0.1) is 28.9 Å². The van der Waals surface area contributed by atoms with E-state index in [1.807, 2.05) is 11.8 Å². The fraction of sp³-hybridized carbons (Fsp3) is 0.346. The highest BCUT2D eigenvalue weighted by molar-refractivity contribution is 6.00. The van der Waals surface area contributed by atoms with Crippen LogP contribution in [0.1, 0.15) is 75.5 Å². The van der Waals surface area contributed by atoms with Crippen LogP contribution in [0, 0.1) is 6.92 Å². The molecule has 1 aromatic heterocycles. The van der Waals surface area contributed by atoms with Crippen LogP contribution in [0.3, 0.4) is 0 Å². The molecule has 1 aliphatic heterocycles. The summed E-state index contributed by atoms with van der Waals surface area (Å²) in [6, 6.07) is 11.0. The van der Waals surface area contributed by atoms with Crippen molar-refractivity contribution in [1.29, 1.82) is 0 Å². The average molecular weight is 501 g/mol. The molecule has 190 valence electrons. The summed E-state index contributed by atoms with van der Waals surface area (Å²) >= 11 is 0. The second-order valence-electron chi connectivity index (χ2n) is 8.99. The highest BCUT2D eigenvalue weighted by atomic mass is 19.4. The number of hydrogen-bond acceptors (Lipinski definition) is 4. The van der Waals surface area contributed by atoms with Crippen molar-refractivity contribution in [2.75, 3.05) is 11.4 Å². The van der Waals surface area contributed by atoms with E-state index in [0.717, 1.165) is 24.1 Å². The normalized spacial score (nSPS) is 16.1. The van der Waals surface area contributed by atoms with Gasteiger partial charge in [-0.05, 0) is 55.7 Å². The third kappa shape index (κ3) is 4.93. The highest BCUT2D eigenvalue weighted by Crippen LogP contribution is 2.37. The number of hydrogen-bond donors (Lipinski definition) is 2. The van der Waals surface area contributed by atoms with Gasteiger partial charge in [-0.1, -0.05) is 31.2 Å². The number of carbonyl (C=O) groups is 2. The first kappa shape index (κ1) is 25.3. The molecule has 2 heterocycles. The molecule has 10 heteroatoms. The Hall–Kier alpha value is -3.82. The summed E-state index contributed by atoms with van der Waals surface area (Å²) < 4.78 is 41.5. The number of alkyl halides is 3. The minimum Gasteiger partial charge on any atom is -0.478 e. The summed E-state index contributed by atoms with van der Waals surface area (Å²) in [6.07, 6.45) is -3.68. The zero-order chi connectivity index (χ0) is 26.2. The third-order valence-electron chi connectivity index (χ3n) is 6.47. The lowest BCUT2D eigenvalue weighted by molar-refractivity contribution is -0.137. The van der Waals surface area contributed by atoms with Gasteiger partial charge >= 0.3 is 12.1 Å².